The van der Waals surface area contributed by atoms with Crippen molar-refractivity contribution in [1.82, 2.24) is 10.2 Å². The molecular weight excluding hydrogens is 276 g/mol. The van der Waals surface area contributed by atoms with Gasteiger partial charge in [-0.25, -0.2) is 0 Å². The second-order valence-corrected chi connectivity index (χ2v) is 6.33. The Hall–Kier alpha value is -1.55. The molecule has 122 valence electrons. The van der Waals surface area contributed by atoms with Crippen molar-refractivity contribution >= 4 is 5.91 Å². The van der Waals surface area contributed by atoms with Crippen molar-refractivity contribution in [3.05, 3.63) is 29.3 Å². The summed E-state index contributed by atoms with van der Waals surface area (Å²) in [5.41, 5.74) is 2.49. The average molecular weight is 304 g/mol. The summed E-state index contributed by atoms with van der Waals surface area (Å²) < 4.78 is 5.51. The summed E-state index contributed by atoms with van der Waals surface area (Å²) in [5.74, 6) is 1.73. The standard InChI is InChI=1S/C18H28N2O2/c1-14-6-7-17(18(11-14)22-3)13-20-10-4-5-16(12-20)8-9-19-15(2)21/h6-7,11,16H,4-5,8-10,12-13H2,1-3H3,(H,19,21). The molecule has 1 aromatic rings. The molecule has 1 amide bonds. The Kier molecular flexibility index (Phi) is 6.25. The lowest BCUT2D eigenvalue weighted by Crippen LogP contribution is -2.36. The fourth-order valence-corrected chi connectivity index (χ4v) is 3.21. The Bertz CT molecular complexity index is 502. The maximum absolute atomic E-state index is 11.0. The van der Waals surface area contributed by atoms with E-state index in [1.807, 2.05) is 0 Å². The number of piperidine rings is 1. The molecule has 1 N–H and O–H groups in total. The predicted octanol–water partition coefficient (Wildman–Crippen LogP) is 2.74. The van der Waals surface area contributed by atoms with Crippen LogP contribution in [0, 0.1) is 12.8 Å². The number of ether oxygens (including phenoxy) is 1. The number of likely N-dealkylation sites (tertiary alicyclic amines) is 1. The fraction of sp³-hybridized carbons (Fsp3) is 0.611. The van der Waals surface area contributed by atoms with Gasteiger partial charge in [-0.3, -0.25) is 9.69 Å². The molecule has 1 saturated heterocycles. The maximum atomic E-state index is 11.0. The number of carbonyl (C=O) groups is 1. The molecule has 1 fully saturated rings. The van der Waals surface area contributed by atoms with E-state index in [-0.39, 0.29) is 5.91 Å². The lowest BCUT2D eigenvalue weighted by Gasteiger charge is -2.33. The van der Waals surface area contributed by atoms with Gasteiger partial charge in [-0.1, -0.05) is 12.1 Å². The van der Waals surface area contributed by atoms with E-state index in [0.29, 0.717) is 5.92 Å². The molecule has 1 aromatic carbocycles. The van der Waals surface area contributed by atoms with E-state index in [2.05, 4.69) is 35.3 Å². The van der Waals surface area contributed by atoms with Gasteiger partial charge in [-0.05, 0) is 50.3 Å². The first-order valence-corrected chi connectivity index (χ1v) is 8.19. The summed E-state index contributed by atoms with van der Waals surface area (Å²) in [6.45, 7) is 7.66. The highest BCUT2D eigenvalue weighted by molar-refractivity contribution is 5.72. The van der Waals surface area contributed by atoms with Gasteiger partial charge in [-0.2, -0.15) is 0 Å². The highest BCUT2D eigenvalue weighted by Gasteiger charge is 2.20. The molecule has 0 radical (unpaired) electrons. The van der Waals surface area contributed by atoms with Crippen LogP contribution in [0.1, 0.15) is 37.3 Å². The van der Waals surface area contributed by atoms with Crippen LogP contribution >= 0.6 is 0 Å². The SMILES string of the molecule is COc1cc(C)ccc1CN1CCCC(CCNC(C)=O)C1. The van der Waals surface area contributed by atoms with Gasteiger partial charge in [-0.15, -0.1) is 0 Å². The molecule has 0 saturated carbocycles. The third-order valence-corrected chi connectivity index (χ3v) is 4.37. The van der Waals surface area contributed by atoms with E-state index in [0.717, 1.165) is 38.3 Å². The van der Waals surface area contributed by atoms with Crippen molar-refractivity contribution in [2.24, 2.45) is 5.92 Å². The van der Waals surface area contributed by atoms with Gasteiger partial charge < -0.3 is 10.1 Å². The summed E-state index contributed by atoms with van der Waals surface area (Å²) in [7, 11) is 1.74. The van der Waals surface area contributed by atoms with E-state index in [1.54, 1.807) is 14.0 Å². The van der Waals surface area contributed by atoms with Crippen LogP contribution in [-0.4, -0.2) is 37.6 Å². The van der Waals surface area contributed by atoms with E-state index in [1.165, 1.54) is 24.0 Å². The highest BCUT2D eigenvalue weighted by atomic mass is 16.5. The number of nitrogens with zero attached hydrogens (tertiary/aromatic N) is 1. The van der Waals surface area contributed by atoms with E-state index in [9.17, 15) is 4.79 Å². The van der Waals surface area contributed by atoms with Gasteiger partial charge in [0.2, 0.25) is 5.91 Å². The first kappa shape index (κ1) is 16.8. The monoisotopic (exact) mass is 304 g/mol. The van der Waals surface area contributed by atoms with Gasteiger partial charge in [0.1, 0.15) is 5.75 Å². The zero-order valence-electron chi connectivity index (χ0n) is 14.0. The lowest BCUT2D eigenvalue weighted by atomic mass is 9.94. The molecule has 4 heteroatoms. The molecule has 1 atom stereocenters. The molecule has 1 aliphatic rings. The Balaban J connectivity index is 1.88. The number of nitrogens with one attached hydrogen (secondary N) is 1. The molecule has 2 rings (SSSR count). The second kappa shape index (κ2) is 8.18. The van der Waals surface area contributed by atoms with Crippen LogP contribution in [0.2, 0.25) is 0 Å². The molecule has 0 aromatic heterocycles. The number of methoxy groups -OCH3 is 1. The molecule has 22 heavy (non-hydrogen) atoms. The predicted molar refractivity (Wildman–Crippen MR) is 89.0 cm³/mol. The number of aryl methyl sites for hydroxylation is 1. The summed E-state index contributed by atoms with van der Waals surface area (Å²) in [6.07, 6.45) is 3.57. The number of amides is 1. The van der Waals surface area contributed by atoms with Crippen molar-refractivity contribution in [3.63, 3.8) is 0 Å². The third-order valence-electron chi connectivity index (χ3n) is 4.37. The minimum atomic E-state index is 0.0667. The minimum absolute atomic E-state index is 0.0667. The number of carbonyl (C=O) groups excluding carboxylic acids is 1. The zero-order chi connectivity index (χ0) is 15.9. The van der Waals surface area contributed by atoms with Crippen LogP contribution in [0.4, 0.5) is 0 Å². The minimum Gasteiger partial charge on any atom is -0.496 e. The summed E-state index contributed by atoms with van der Waals surface area (Å²) in [5, 5.41) is 2.90. The molecule has 1 unspecified atom stereocenters. The van der Waals surface area contributed by atoms with E-state index in [4.69, 9.17) is 4.74 Å². The van der Waals surface area contributed by atoms with Crippen molar-refractivity contribution in [2.45, 2.75) is 39.7 Å². The lowest BCUT2D eigenvalue weighted by molar-refractivity contribution is -0.119. The number of rotatable bonds is 6. The summed E-state index contributed by atoms with van der Waals surface area (Å²) in [6, 6.07) is 6.43. The third kappa shape index (κ3) is 5.02. The van der Waals surface area contributed by atoms with Gasteiger partial charge in [0.25, 0.3) is 0 Å². The Morgan fingerprint density at radius 2 is 2.27 bits per heavy atom. The highest BCUT2D eigenvalue weighted by Crippen LogP contribution is 2.25. The van der Waals surface area contributed by atoms with Crippen molar-refractivity contribution in [3.8, 4) is 5.75 Å². The van der Waals surface area contributed by atoms with Gasteiger partial charge in [0.15, 0.2) is 0 Å². The first-order valence-electron chi connectivity index (χ1n) is 8.19. The van der Waals surface area contributed by atoms with Crippen LogP contribution in [-0.2, 0) is 11.3 Å². The largest absolute Gasteiger partial charge is 0.496 e. The van der Waals surface area contributed by atoms with Gasteiger partial charge in [0.05, 0.1) is 7.11 Å². The molecule has 0 spiro atoms. The van der Waals surface area contributed by atoms with Crippen molar-refractivity contribution in [1.29, 1.82) is 0 Å². The van der Waals surface area contributed by atoms with Crippen LogP contribution in [0.25, 0.3) is 0 Å². The Morgan fingerprint density at radius 3 is 3.00 bits per heavy atom. The molecule has 0 bridgehead atoms. The Morgan fingerprint density at radius 1 is 1.45 bits per heavy atom. The summed E-state index contributed by atoms with van der Waals surface area (Å²) in [4.78, 5) is 13.5. The molecular formula is C18H28N2O2. The number of benzene rings is 1. The average Bonchev–Trinajstić information content (AvgIpc) is 2.49. The van der Waals surface area contributed by atoms with Crippen LogP contribution < -0.4 is 10.1 Å². The van der Waals surface area contributed by atoms with Crippen molar-refractivity contribution < 1.29 is 9.53 Å². The Labute approximate surface area is 133 Å². The topological polar surface area (TPSA) is 41.6 Å². The van der Waals surface area contributed by atoms with E-state index >= 15 is 0 Å². The smallest absolute Gasteiger partial charge is 0.216 e. The van der Waals surface area contributed by atoms with Gasteiger partial charge >= 0.3 is 0 Å². The number of hydrogen-bond acceptors (Lipinski definition) is 3. The van der Waals surface area contributed by atoms with Crippen LogP contribution in [0.5, 0.6) is 5.75 Å². The fourth-order valence-electron chi connectivity index (χ4n) is 3.21. The molecule has 1 heterocycles. The van der Waals surface area contributed by atoms with E-state index < -0.39 is 0 Å². The molecule has 0 aliphatic carbocycles. The zero-order valence-corrected chi connectivity index (χ0v) is 14.0. The first-order chi connectivity index (χ1) is 10.6. The second-order valence-electron chi connectivity index (χ2n) is 6.33. The molecule has 4 nitrogen and oxygen atoms in total. The normalized spacial score (nSPS) is 19.0. The van der Waals surface area contributed by atoms with Crippen molar-refractivity contribution in [2.75, 3.05) is 26.7 Å². The van der Waals surface area contributed by atoms with Gasteiger partial charge in [0, 0.05) is 32.1 Å². The quantitative estimate of drug-likeness (QED) is 0.878. The number of hydrogen-bond donors (Lipinski definition) is 1. The molecule has 1 aliphatic heterocycles. The van der Waals surface area contributed by atoms with Crippen LogP contribution in [0.3, 0.4) is 0 Å². The van der Waals surface area contributed by atoms with Crippen LogP contribution in [0.15, 0.2) is 18.2 Å². The maximum Gasteiger partial charge on any atom is 0.216 e. The summed E-state index contributed by atoms with van der Waals surface area (Å²) >= 11 is 0.